The summed E-state index contributed by atoms with van der Waals surface area (Å²) < 4.78 is 0. The molecule has 0 radical (unpaired) electrons. The molecule has 1 amide bonds. The van der Waals surface area contributed by atoms with E-state index in [-0.39, 0.29) is 11.9 Å². The normalized spacial score (nSPS) is 20.9. The molecule has 1 aliphatic rings. The van der Waals surface area contributed by atoms with E-state index < -0.39 is 5.97 Å². The Morgan fingerprint density at radius 2 is 2.08 bits per heavy atom. The number of carboxylic acid groups (broad SMARTS) is 1. The molecule has 0 aromatic heterocycles. The summed E-state index contributed by atoms with van der Waals surface area (Å²) in [5, 5.41) is 11.2. The highest BCUT2D eigenvalue weighted by atomic mass is 16.4. The molecule has 0 unspecified atom stereocenters. The molecule has 1 fully saturated rings. The first-order valence-corrected chi connectivity index (χ1v) is 3.76. The quantitative estimate of drug-likeness (QED) is 0.490. The van der Waals surface area contributed by atoms with Crippen LogP contribution in [0.5, 0.6) is 0 Å². The molecule has 1 saturated heterocycles. The van der Waals surface area contributed by atoms with Crippen LogP contribution in [0.15, 0.2) is 0 Å². The first-order chi connectivity index (χ1) is 5.54. The third kappa shape index (κ3) is 5.67. The highest BCUT2D eigenvalue weighted by Gasteiger charge is 2.20. The Kier molecular flexibility index (Phi) is 5.03. The van der Waals surface area contributed by atoms with Crippen molar-refractivity contribution in [3.8, 4) is 0 Å². The highest BCUT2D eigenvalue weighted by Crippen LogP contribution is 2.03. The Morgan fingerprint density at radius 1 is 1.58 bits per heavy atom. The number of hydrogen-bond acceptors (Lipinski definition) is 3. The molecule has 5 heteroatoms. The molecule has 1 rings (SSSR count). The fourth-order valence-corrected chi connectivity index (χ4v) is 0.895. The van der Waals surface area contributed by atoms with E-state index in [0.717, 1.165) is 19.4 Å². The van der Waals surface area contributed by atoms with Crippen LogP contribution in [0.4, 0.5) is 0 Å². The Bertz CT molecular complexity index is 160. The van der Waals surface area contributed by atoms with Crippen LogP contribution in [0.3, 0.4) is 0 Å². The van der Waals surface area contributed by atoms with E-state index in [2.05, 4.69) is 11.1 Å². The van der Waals surface area contributed by atoms with Gasteiger partial charge in [0, 0.05) is 6.92 Å². The number of carboxylic acids is 1. The second-order valence-electron chi connectivity index (χ2n) is 2.60. The maximum atomic E-state index is 10.1. The first kappa shape index (κ1) is 10.9. The molecule has 1 heterocycles. The van der Waals surface area contributed by atoms with Crippen LogP contribution in [0.25, 0.3) is 0 Å². The van der Waals surface area contributed by atoms with E-state index in [4.69, 9.17) is 5.11 Å². The SMILES string of the molecule is CC(N)=O.O=C(O)[C@@H]1CCCN1. The van der Waals surface area contributed by atoms with Gasteiger partial charge in [-0.2, -0.15) is 0 Å². The van der Waals surface area contributed by atoms with Crippen molar-refractivity contribution in [3.05, 3.63) is 0 Å². The Labute approximate surface area is 70.9 Å². The van der Waals surface area contributed by atoms with E-state index in [1.54, 1.807) is 0 Å². The molecule has 4 N–H and O–H groups in total. The first-order valence-electron chi connectivity index (χ1n) is 3.76. The van der Waals surface area contributed by atoms with Gasteiger partial charge < -0.3 is 16.2 Å². The van der Waals surface area contributed by atoms with Crippen molar-refractivity contribution >= 4 is 11.9 Å². The van der Waals surface area contributed by atoms with Gasteiger partial charge in [0.15, 0.2) is 0 Å². The van der Waals surface area contributed by atoms with Crippen LogP contribution < -0.4 is 11.1 Å². The molecule has 12 heavy (non-hydrogen) atoms. The number of primary amides is 1. The van der Waals surface area contributed by atoms with Gasteiger partial charge in [-0.05, 0) is 19.4 Å². The predicted octanol–water partition coefficient (Wildman–Crippen LogP) is -0.685. The van der Waals surface area contributed by atoms with Crippen LogP contribution in [-0.4, -0.2) is 29.6 Å². The fourth-order valence-electron chi connectivity index (χ4n) is 0.895. The number of aliphatic carboxylic acids is 1. The molecule has 0 aliphatic carbocycles. The molecule has 70 valence electrons. The summed E-state index contributed by atoms with van der Waals surface area (Å²) >= 11 is 0. The van der Waals surface area contributed by atoms with Crippen molar-refractivity contribution in [2.45, 2.75) is 25.8 Å². The monoisotopic (exact) mass is 174 g/mol. The molecule has 0 saturated carbocycles. The molecular weight excluding hydrogens is 160 g/mol. The number of nitrogens with one attached hydrogen (secondary N) is 1. The summed E-state index contributed by atoms with van der Waals surface area (Å²) in [5.41, 5.74) is 4.47. The Balaban J connectivity index is 0.000000261. The number of rotatable bonds is 1. The van der Waals surface area contributed by atoms with Gasteiger partial charge in [-0.1, -0.05) is 0 Å². The van der Waals surface area contributed by atoms with E-state index >= 15 is 0 Å². The van der Waals surface area contributed by atoms with Crippen LogP contribution >= 0.6 is 0 Å². The van der Waals surface area contributed by atoms with Crippen molar-refractivity contribution in [1.29, 1.82) is 0 Å². The zero-order chi connectivity index (χ0) is 9.56. The summed E-state index contributed by atoms with van der Waals surface area (Å²) in [7, 11) is 0. The van der Waals surface area contributed by atoms with Gasteiger partial charge in [0.05, 0.1) is 0 Å². The summed E-state index contributed by atoms with van der Waals surface area (Å²) in [6.45, 7) is 2.16. The summed E-state index contributed by atoms with van der Waals surface area (Å²) in [6.07, 6.45) is 1.78. The molecule has 1 aliphatic heterocycles. The van der Waals surface area contributed by atoms with E-state index in [1.165, 1.54) is 6.92 Å². The Hall–Kier alpha value is -1.10. The number of nitrogens with two attached hydrogens (primary N) is 1. The van der Waals surface area contributed by atoms with Gasteiger partial charge in [-0.15, -0.1) is 0 Å². The lowest BCUT2D eigenvalue weighted by molar-refractivity contribution is -0.139. The van der Waals surface area contributed by atoms with Crippen LogP contribution in [0.1, 0.15) is 19.8 Å². The molecule has 1 atom stereocenters. The van der Waals surface area contributed by atoms with Crippen molar-refractivity contribution in [2.75, 3.05) is 6.54 Å². The minimum Gasteiger partial charge on any atom is -0.480 e. The fraction of sp³-hybridized carbons (Fsp3) is 0.714. The van der Waals surface area contributed by atoms with Gasteiger partial charge in [0.25, 0.3) is 0 Å². The maximum Gasteiger partial charge on any atom is 0.320 e. The lowest BCUT2D eigenvalue weighted by Crippen LogP contribution is -2.29. The van der Waals surface area contributed by atoms with Crippen LogP contribution in [-0.2, 0) is 9.59 Å². The second-order valence-corrected chi connectivity index (χ2v) is 2.60. The number of hydrogen-bond donors (Lipinski definition) is 3. The average molecular weight is 174 g/mol. The zero-order valence-corrected chi connectivity index (χ0v) is 7.04. The van der Waals surface area contributed by atoms with Crippen LogP contribution in [0.2, 0.25) is 0 Å². The largest absolute Gasteiger partial charge is 0.480 e. The van der Waals surface area contributed by atoms with Gasteiger partial charge >= 0.3 is 5.97 Å². The van der Waals surface area contributed by atoms with Crippen molar-refractivity contribution < 1.29 is 14.7 Å². The third-order valence-corrected chi connectivity index (χ3v) is 1.36. The Morgan fingerprint density at radius 3 is 2.25 bits per heavy atom. The predicted molar refractivity (Wildman–Crippen MR) is 43.5 cm³/mol. The highest BCUT2D eigenvalue weighted by molar-refractivity contribution is 5.73. The van der Waals surface area contributed by atoms with Crippen LogP contribution in [0, 0.1) is 0 Å². The summed E-state index contributed by atoms with van der Waals surface area (Å²) in [6, 6.07) is -0.269. The van der Waals surface area contributed by atoms with Crippen molar-refractivity contribution in [2.24, 2.45) is 5.73 Å². The summed E-state index contributed by atoms with van der Waals surface area (Å²) in [4.78, 5) is 19.4. The number of amides is 1. The summed E-state index contributed by atoms with van der Waals surface area (Å²) in [5.74, 6) is -1.05. The lowest BCUT2D eigenvalue weighted by atomic mass is 10.2. The van der Waals surface area contributed by atoms with Gasteiger partial charge in [0.1, 0.15) is 6.04 Å². The lowest BCUT2D eigenvalue weighted by Gasteiger charge is -1.99. The topological polar surface area (TPSA) is 92.4 Å². The van der Waals surface area contributed by atoms with Crippen molar-refractivity contribution in [3.63, 3.8) is 0 Å². The van der Waals surface area contributed by atoms with Gasteiger partial charge in [0.2, 0.25) is 5.91 Å². The average Bonchev–Trinajstić information content (AvgIpc) is 2.34. The molecule has 0 aromatic rings. The van der Waals surface area contributed by atoms with E-state index in [0.29, 0.717) is 0 Å². The van der Waals surface area contributed by atoms with E-state index in [9.17, 15) is 9.59 Å². The minimum atomic E-state index is -0.720. The molecule has 5 nitrogen and oxygen atoms in total. The number of carbonyl (C=O) groups is 2. The third-order valence-electron chi connectivity index (χ3n) is 1.36. The van der Waals surface area contributed by atoms with Gasteiger partial charge in [-0.25, -0.2) is 0 Å². The maximum absolute atomic E-state index is 10.1. The molecular formula is C7H14N2O3. The van der Waals surface area contributed by atoms with E-state index in [1.807, 2.05) is 0 Å². The second kappa shape index (κ2) is 5.54. The molecule has 0 spiro atoms. The zero-order valence-electron chi connectivity index (χ0n) is 7.04. The smallest absolute Gasteiger partial charge is 0.320 e. The number of carbonyl (C=O) groups excluding carboxylic acids is 1. The van der Waals surface area contributed by atoms with Crippen molar-refractivity contribution in [1.82, 2.24) is 5.32 Å². The molecule has 0 bridgehead atoms. The van der Waals surface area contributed by atoms with Gasteiger partial charge in [-0.3, -0.25) is 9.59 Å². The minimum absolute atomic E-state index is 0.269. The standard InChI is InChI=1S/C5H9NO2.C2H5NO/c7-5(8)4-2-1-3-6-4;1-2(3)4/h4,6H,1-3H2,(H,7,8);1H3,(H2,3,4)/t4-;/m0./s1. The molecule has 0 aromatic carbocycles.